The molecule has 0 radical (unpaired) electrons. The molecular weight excluding hydrogens is 1580 g/mol. The van der Waals surface area contributed by atoms with Gasteiger partial charge in [-0.25, -0.2) is 36.5 Å². The highest BCUT2D eigenvalue weighted by Crippen LogP contribution is 2.33. The van der Waals surface area contributed by atoms with Crippen molar-refractivity contribution in [2.24, 2.45) is 0 Å². The molecule has 8 aromatic carbocycles. The topological polar surface area (TPSA) is 68.0 Å². The van der Waals surface area contributed by atoms with Crippen LogP contribution in [0.2, 0.25) is 0 Å². The van der Waals surface area contributed by atoms with E-state index in [-0.39, 0.29) is 21.7 Å². The van der Waals surface area contributed by atoms with Crippen LogP contribution in [0.4, 0.5) is 0 Å². The first-order valence-electron chi connectivity index (χ1n) is 44.9. The van der Waals surface area contributed by atoms with Gasteiger partial charge < -0.3 is 18.9 Å². The first-order valence-corrected chi connectivity index (χ1v) is 44.9. The van der Waals surface area contributed by atoms with Crippen LogP contribution in [0.1, 0.15) is 155 Å². The molecule has 0 N–H and O–H groups in total. The summed E-state index contributed by atoms with van der Waals surface area (Å²) in [7, 11) is 6.75. The van der Waals surface area contributed by atoms with Gasteiger partial charge in [-0.1, -0.05) is 155 Å². The lowest BCUT2D eigenvalue weighted by Gasteiger charge is -2.25. The van der Waals surface area contributed by atoms with Gasteiger partial charge in [-0.05, 0) is 217 Å². The van der Waals surface area contributed by atoms with Gasteiger partial charge in [0.05, 0.1) is 28.4 Å². The lowest BCUT2D eigenvalue weighted by Crippen LogP contribution is -2.34. The van der Waals surface area contributed by atoms with Crippen molar-refractivity contribution < 1.29 is 55.5 Å². The maximum absolute atomic E-state index is 5.22. The summed E-state index contributed by atoms with van der Waals surface area (Å²) in [6.07, 6.45) is 34.4. The van der Waals surface area contributed by atoms with E-state index in [1.807, 2.05) is 54.6 Å². The monoisotopic (exact) mass is 1710 g/mol. The zero-order valence-electron chi connectivity index (χ0n) is 78.7. The highest BCUT2D eigenvalue weighted by molar-refractivity contribution is 5.64. The number of rotatable bonds is 24. The summed E-state index contributed by atoms with van der Waals surface area (Å²) < 4.78 is 38.6. The molecule has 0 spiro atoms. The molecule has 654 valence electrons. The molecule has 0 atom stereocenters. The van der Waals surface area contributed by atoms with Crippen LogP contribution in [0, 0.1) is 6.92 Å². The molecule has 0 saturated heterocycles. The largest absolute Gasteiger partial charge is 0.497 e. The van der Waals surface area contributed by atoms with Crippen molar-refractivity contribution in [2.75, 3.05) is 28.4 Å². The standard InChI is InChI=1S/C40H54N2.C26H26N2O2.C26H26N2O.C25H24N2O/c1-37(2,3)33-21-29(22-34(25-33)38(4,5)6)27-41-17-13-31(14-18-41)32-15-19-42(20-16-32)28-30-23-35(39(7,8)9)26-36(24-30)40(10,11)12;1-29-25-7-3-21(4-8-25)19-27-15-11-23(12-16-27)24-13-17-28(18-14-24)20-22-5-9-26(30-2)10-6-22;1-21-3-5-22(6-4-21)19-27-15-11-24(12-16-27)25-13-17-28(18-14-25)20-23-7-9-26(29-2)10-8-23;1-28-25-9-7-22(8-10-25)20-27-17-13-24(14-18-27)23-11-15-26(16-12-23)19-21-5-3-2-4-6-21/h13-26H,27-28H2,1-12H3;3-18H,19-20H2,1-2H3;3-18H,19-20H2,1-2H3;2-18H,19-20H2,1H3/q4*+2. The molecule has 8 aromatic heterocycles. The molecule has 0 aliphatic carbocycles. The summed E-state index contributed by atoms with van der Waals surface area (Å²) in [5, 5.41) is 0. The fraction of sp³-hybridized carbons (Fsp3) is 0.248. The molecular formula is C117H130N8O4+8. The highest BCUT2D eigenvalue weighted by atomic mass is 16.5. The van der Waals surface area contributed by atoms with Crippen LogP contribution in [0.15, 0.2) is 384 Å². The van der Waals surface area contributed by atoms with E-state index >= 15 is 0 Å². The van der Waals surface area contributed by atoms with E-state index in [1.54, 1.807) is 28.4 Å². The Balaban J connectivity index is 0.000000149. The predicted octanol–water partition coefficient (Wildman–Crippen LogP) is 21.6. The summed E-state index contributed by atoms with van der Waals surface area (Å²) in [6, 6.07) is 101. The molecule has 0 bridgehead atoms. The molecule has 0 aliphatic rings. The van der Waals surface area contributed by atoms with Crippen LogP contribution in [0.25, 0.3) is 44.5 Å². The third kappa shape index (κ3) is 27.6. The number of aromatic nitrogens is 8. The van der Waals surface area contributed by atoms with E-state index in [2.05, 4.69) is 456 Å². The summed E-state index contributed by atoms with van der Waals surface area (Å²) in [4.78, 5) is 0. The van der Waals surface area contributed by atoms with Crippen molar-refractivity contribution in [1.82, 2.24) is 0 Å². The van der Waals surface area contributed by atoms with Crippen molar-refractivity contribution in [3.63, 3.8) is 0 Å². The Hall–Kier alpha value is -13.8. The minimum Gasteiger partial charge on any atom is -0.497 e. The van der Waals surface area contributed by atoms with Gasteiger partial charge in [0, 0.05) is 142 Å². The second-order valence-corrected chi connectivity index (χ2v) is 37.8. The van der Waals surface area contributed by atoms with Gasteiger partial charge in [0.15, 0.2) is 152 Å². The second kappa shape index (κ2) is 43.1. The maximum Gasteiger partial charge on any atom is 0.173 e. The van der Waals surface area contributed by atoms with Crippen LogP contribution in [0.5, 0.6) is 23.0 Å². The molecule has 16 aromatic rings. The summed E-state index contributed by atoms with van der Waals surface area (Å²) in [6.45, 7) is 36.6. The molecule has 0 saturated carbocycles. The lowest BCUT2D eigenvalue weighted by molar-refractivity contribution is -0.688. The Bertz CT molecular complexity index is 5910. The molecule has 16 rings (SSSR count). The lowest BCUT2D eigenvalue weighted by atomic mass is 9.79. The van der Waals surface area contributed by atoms with E-state index in [0.29, 0.717) is 0 Å². The molecule has 0 aliphatic heterocycles. The van der Waals surface area contributed by atoms with Crippen LogP contribution >= 0.6 is 0 Å². The summed E-state index contributed by atoms with van der Waals surface area (Å²) >= 11 is 0. The quantitative estimate of drug-likeness (QED) is 0.0566. The Morgan fingerprint density at radius 2 is 0.333 bits per heavy atom. The average molecular weight is 1710 g/mol. The van der Waals surface area contributed by atoms with E-state index in [4.69, 9.17) is 18.9 Å². The number of aryl methyl sites for hydroxylation is 1. The fourth-order valence-electron chi connectivity index (χ4n) is 15.2. The van der Waals surface area contributed by atoms with Gasteiger partial charge >= 0.3 is 0 Å². The minimum absolute atomic E-state index is 0.124. The van der Waals surface area contributed by atoms with Gasteiger partial charge in [-0.2, -0.15) is 0 Å². The Morgan fingerprint density at radius 1 is 0.178 bits per heavy atom. The van der Waals surface area contributed by atoms with E-state index < -0.39 is 0 Å². The van der Waals surface area contributed by atoms with Gasteiger partial charge in [-0.3, -0.25) is 0 Å². The zero-order chi connectivity index (χ0) is 91.1. The number of ether oxygens (including phenoxy) is 4. The van der Waals surface area contributed by atoms with E-state index in [0.717, 1.165) is 75.4 Å². The van der Waals surface area contributed by atoms with Crippen molar-refractivity contribution in [2.45, 2.75) is 164 Å². The average Bonchev–Trinajstić information content (AvgIpc) is 0.800. The third-order valence-electron chi connectivity index (χ3n) is 23.4. The summed E-state index contributed by atoms with van der Waals surface area (Å²) in [5.41, 5.74) is 27.5. The first kappa shape index (κ1) is 92.8. The van der Waals surface area contributed by atoms with Crippen LogP contribution in [-0.4, -0.2) is 28.4 Å². The maximum atomic E-state index is 5.22. The van der Waals surface area contributed by atoms with Crippen LogP contribution in [0.3, 0.4) is 0 Å². The molecule has 0 fully saturated rings. The van der Waals surface area contributed by atoms with Gasteiger partial charge in [0.2, 0.25) is 0 Å². The Labute approximate surface area is 767 Å². The van der Waals surface area contributed by atoms with Gasteiger partial charge in [0.1, 0.15) is 23.0 Å². The smallest absolute Gasteiger partial charge is 0.173 e. The Kier molecular flexibility index (Phi) is 31.0. The number of methoxy groups -OCH3 is 4. The summed E-state index contributed by atoms with van der Waals surface area (Å²) in [5.74, 6) is 3.54. The molecule has 0 unspecified atom stereocenters. The Morgan fingerprint density at radius 3 is 0.496 bits per heavy atom. The van der Waals surface area contributed by atoms with Gasteiger partial charge in [-0.15, -0.1) is 0 Å². The van der Waals surface area contributed by atoms with Crippen molar-refractivity contribution in [3.8, 4) is 67.5 Å². The number of pyridine rings is 8. The van der Waals surface area contributed by atoms with Crippen molar-refractivity contribution in [1.29, 1.82) is 0 Å². The third-order valence-corrected chi connectivity index (χ3v) is 23.4. The molecule has 12 nitrogen and oxygen atoms in total. The number of benzene rings is 8. The molecule has 8 heterocycles. The number of hydrogen-bond acceptors (Lipinski definition) is 4. The zero-order valence-corrected chi connectivity index (χ0v) is 78.7. The van der Waals surface area contributed by atoms with Crippen LogP contribution in [-0.2, 0) is 74.0 Å². The van der Waals surface area contributed by atoms with Crippen LogP contribution < -0.4 is 55.5 Å². The predicted molar refractivity (Wildman–Crippen MR) is 519 cm³/mol. The minimum atomic E-state index is 0.124. The van der Waals surface area contributed by atoms with Gasteiger partial charge in [0.25, 0.3) is 0 Å². The van der Waals surface area contributed by atoms with Crippen molar-refractivity contribution in [3.05, 3.63) is 457 Å². The molecule has 0 amide bonds. The highest BCUT2D eigenvalue weighted by Gasteiger charge is 2.25. The first-order chi connectivity index (χ1) is 62.0. The molecule has 129 heavy (non-hydrogen) atoms. The molecule has 12 heteroatoms. The van der Waals surface area contributed by atoms with E-state index in [9.17, 15) is 0 Å². The van der Waals surface area contributed by atoms with Crippen molar-refractivity contribution >= 4 is 0 Å². The number of hydrogen-bond donors (Lipinski definition) is 0. The fourth-order valence-corrected chi connectivity index (χ4v) is 15.2. The SMILES string of the molecule is CC(C)(C)c1cc(C[n+]2ccc(-c3cc[n+](Cc4cc(C(C)(C)C)cc(C(C)(C)C)c4)cc3)cc2)cc(C(C)(C)C)c1.COc1ccc(C[n+]2ccc(-c3cc[n+](Cc4ccc(C)cc4)cc3)cc2)cc1.COc1ccc(C[n+]2ccc(-c3cc[n+](Cc4ccc(OC)cc4)cc3)cc2)cc1.COc1ccc(C[n+]2ccc(-c3cc[n+](Cc4ccccc4)cc3)cc2)cc1. The normalized spacial score (nSPS) is 11.4. The van der Waals surface area contributed by atoms with E-state index in [1.165, 1.54) is 117 Å². The number of nitrogens with zero attached hydrogens (tertiary/aromatic N) is 8. The second-order valence-electron chi connectivity index (χ2n) is 37.8.